The van der Waals surface area contributed by atoms with Gasteiger partial charge in [0.05, 0.1) is 19.3 Å². The molecule has 1 aliphatic rings. The quantitative estimate of drug-likeness (QED) is 0.334. The zero-order chi connectivity index (χ0) is 23.4. The molecule has 1 atom stereocenters. The van der Waals surface area contributed by atoms with Crippen molar-refractivity contribution < 1.29 is 22.3 Å². The second-order valence-electron chi connectivity index (χ2n) is 8.47. The lowest BCUT2D eigenvalue weighted by atomic mass is 9.91. The van der Waals surface area contributed by atoms with E-state index in [9.17, 15) is 17.6 Å². The third-order valence-electron chi connectivity index (χ3n) is 6.07. The number of aryl methyl sites for hydroxylation is 1. The van der Waals surface area contributed by atoms with Crippen LogP contribution in [0.1, 0.15) is 34.8 Å². The highest BCUT2D eigenvalue weighted by Crippen LogP contribution is 2.40. The first-order valence-electron chi connectivity index (χ1n) is 11.3. The lowest BCUT2D eigenvalue weighted by Gasteiger charge is -2.36. The zero-order valence-corrected chi connectivity index (χ0v) is 18.6. The molecule has 2 aromatic carbocycles. The van der Waals surface area contributed by atoms with E-state index in [1.54, 1.807) is 0 Å². The Balaban J connectivity index is 1.64. The van der Waals surface area contributed by atoms with Gasteiger partial charge in [0.15, 0.2) is 0 Å². The van der Waals surface area contributed by atoms with Crippen molar-refractivity contribution in [3.05, 3.63) is 64.8 Å². The van der Waals surface area contributed by atoms with Crippen molar-refractivity contribution in [2.45, 2.75) is 32.0 Å². The van der Waals surface area contributed by atoms with Crippen molar-refractivity contribution in [1.82, 2.24) is 15.2 Å². The molecule has 0 amide bonds. The summed E-state index contributed by atoms with van der Waals surface area (Å²) in [6.07, 6.45) is -3.28. The molecule has 1 aromatic heterocycles. The Morgan fingerprint density at radius 3 is 2.76 bits per heavy atom. The molecule has 0 spiro atoms. The normalized spacial score (nSPS) is 16.8. The van der Waals surface area contributed by atoms with E-state index in [2.05, 4.69) is 10.3 Å². The van der Waals surface area contributed by atoms with Crippen molar-refractivity contribution >= 4 is 10.9 Å². The molecule has 8 heteroatoms. The van der Waals surface area contributed by atoms with Crippen molar-refractivity contribution in [2.75, 3.05) is 39.5 Å². The van der Waals surface area contributed by atoms with Crippen LogP contribution in [0.2, 0.25) is 0 Å². The molecule has 33 heavy (non-hydrogen) atoms. The molecule has 0 radical (unpaired) electrons. The van der Waals surface area contributed by atoms with Crippen LogP contribution in [0.5, 0.6) is 5.75 Å². The summed E-state index contributed by atoms with van der Waals surface area (Å²) >= 11 is 0. The van der Waals surface area contributed by atoms with Crippen LogP contribution in [0.25, 0.3) is 10.9 Å². The number of nitrogens with zero attached hydrogens (tertiary/aromatic N) is 1. The Morgan fingerprint density at radius 2 is 1.97 bits per heavy atom. The maximum atomic E-state index is 13.4. The third kappa shape index (κ3) is 5.50. The van der Waals surface area contributed by atoms with Gasteiger partial charge in [-0.05, 0) is 55.1 Å². The summed E-state index contributed by atoms with van der Waals surface area (Å²) < 4.78 is 58.4. The lowest BCUT2D eigenvalue weighted by Crippen LogP contribution is -2.42. The molecule has 0 saturated heterocycles. The number of halogens is 4. The largest absolute Gasteiger partial charge is 0.492 e. The average Bonchev–Trinajstić information content (AvgIpc) is 3.15. The highest BCUT2D eigenvalue weighted by atomic mass is 19.4. The first kappa shape index (κ1) is 23.6. The molecule has 1 aliphatic heterocycles. The molecular formula is C25H29F4N3O. The summed E-state index contributed by atoms with van der Waals surface area (Å²) in [6, 6.07) is 12.9. The standard InChI is InChI=1S/C25H29F4N3O/c1-17-7-8-18(15-22(17)33-14-12-30-11-4-10-26)24-23-20(9-13-32(24)16-25(27,28)29)19-5-2-3-6-21(19)31-23/h2-3,5-8,15,24,30-31H,4,9-14,16H2,1H3. The summed E-state index contributed by atoms with van der Waals surface area (Å²) in [4.78, 5) is 4.89. The summed E-state index contributed by atoms with van der Waals surface area (Å²) in [6.45, 7) is 2.44. The van der Waals surface area contributed by atoms with Crippen LogP contribution in [0.4, 0.5) is 17.6 Å². The van der Waals surface area contributed by atoms with Gasteiger partial charge in [-0.15, -0.1) is 0 Å². The predicted octanol–water partition coefficient (Wildman–Crippen LogP) is 5.31. The highest BCUT2D eigenvalue weighted by molar-refractivity contribution is 5.85. The minimum absolute atomic E-state index is 0.321. The lowest BCUT2D eigenvalue weighted by molar-refractivity contribution is -0.150. The number of ether oxygens (including phenoxy) is 1. The molecule has 4 rings (SSSR count). The summed E-state index contributed by atoms with van der Waals surface area (Å²) in [5.74, 6) is 0.648. The monoisotopic (exact) mass is 463 g/mol. The van der Waals surface area contributed by atoms with E-state index >= 15 is 0 Å². The first-order valence-corrected chi connectivity index (χ1v) is 11.3. The number of hydrogen-bond donors (Lipinski definition) is 2. The first-order chi connectivity index (χ1) is 15.9. The van der Waals surface area contributed by atoms with Crippen LogP contribution in [0, 0.1) is 6.92 Å². The Labute approximate surface area is 190 Å². The Morgan fingerprint density at radius 1 is 1.15 bits per heavy atom. The zero-order valence-electron chi connectivity index (χ0n) is 18.6. The fourth-order valence-corrected chi connectivity index (χ4v) is 4.56. The number of aromatic nitrogens is 1. The molecule has 2 heterocycles. The summed E-state index contributed by atoms with van der Waals surface area (Å²) in [5, 5.41) is 4.17. The van der Waals surface area contributed by atoms with E-state index in [4.69, 9.17) is 4.74 Å². The van der Waals surface area contributed by atoms with Gasteiger partial charge in [-0.2, -0.15) is 13.2 Å². The molecule has 2 N–H and O–H groups in total. The predicted molar refractivity (Wildman–Crippen MR) is 122 cm³/mol. The smallest absolute Gasteiger partial charge is 0.401 e. The molecule has 0 fully saturated rings. The SMILES string of the molecule is Cc1ccc(C2c3[nH]c4ccccc4c3CCN2CC(F)(F)F)cc1OCCNCCCF. The van der Waals surface area contributed by atoms with Crippen LogP contribution in [0.15, 0.2) is 42.5 Å². The second kappa shape index (κ2) is 10.1. The minimum Gasteiger partial charge on any atom is -0.492 e. The van der Waals surface area contributed by atoms with Gasteiger partial charge in [0, 0.05) is 29.7 Å². The average molecular weight is 464 g/mol. The number of rotatable bonds is 9. The van der Waals surface area contributed by atoms with E-state index in [1.165, 1.54) is 4.90 Å². The fourth-order valence-electron chi connectivity index (χ4n) is 4.56. The number of hydrogen-bond acceptors (Lipinski definition) is 3. The van der Waals surface area contributed by atoms with E-state index in [-0.39, 0.29) is 6.67 Å². The number of H-pyrrole nitrogens is 1. The van der Waals surface area contributed by atoms with Gasteiger partial charge in [0.25, 0.3) is 0 Å². The maximum absolute atomic E-state index is 13.4. The number of para-hydroxylation sites is 1. The van der Waals surface area contributed by atoms with Crippen LogP contribution in [0.3, 0.4) is 0 Å². The van der Waals surface area contributed by atoms with E-state index in [1.807, 2.05) is 49.4 Å². The fraction of sp³-hybridized carbons (Fsp3) is 0.440. The van der Waals surface area contributed by atoms with Crippen LogP contribution in [-0.4, -0.2) is 55.5 Å². The van der Waals surface area contributed by atoms with E-state index < -0.39 is 18.8 Å². The minimum atomic E-state index is -4.29. The Bertz CT molecular complexity index is 1080. The van der Waals surface area contributed by atoms with Crippen molar-refractivity contribution in [3.8, 4) is 5.75 Å². The molecule has 4 nitrogen and oxygen atoms in total. The van der Waals surface area contributed by atoms with Gasteiger partial charge < -0.3 is 15.0 Å². The molecule has 1 unspecified atom stereocenters. The van der Waals surface area contributed by atoms with Crippen molar-refractivity contribution in [1.29, 1.82) is 0 Å². The van der Waals surface area contributed by atoms with Crippen molar-refractivity contribution in [2.24, 2.45) is 0 Å². The van der Waals surface area contributed by atoms with Crippen LogP contribution < -0.4 is 10.1 Å². The third-order valence-corrected chi connectivity index (χ3v) is 6.07. The number of aromatic amines is 1. The Kier molecular flexibility index (Phi) is 7.24. The van der Waals surface area contributed by atoms with Gasteiger partial charge >= 0.3 is 6.18 Å². The van der Waals surface area contributed by atoms with Gasteiger partial charge in [-0.25, -0.2) is 0 Å². The molecule has 0 aliphatic carbocycles. The number of benzene rings is 2. The Hall–Kier alpha value is -2.58. The van der Waals surface area contributed by atoms with Gasteiger partial charge in [0.2, 0.25) is 0 Å². The summed E-state index contributed by atoms with van der Waals surface area (Å²) in [7, 11) is 0. The highest BCUT2D eigenvalue weighted by Gasteiger charge is 2.39. The molecular weight excluding hydrogens is 434 g/mol. The molecule has 0 saturated carbocycles. The molecule has 3 aromatic rings. The molecule has 178 valence electrons. The van der Waals surface area contributed by atoms with Crippen LogP contribution >= 0.6 is 0 Å². The van der Waals surface area contributed by atoms with E-state index in [0.717, 1.165) is 33.3 Å². The topological polar surface area (TPSA) is 40.3 Å². The second-order valence-corrected chi connectivity index (χ2v) is 8.47. The summed E-state index contributed by atoms with van der Waals surface area (Å²) in [5.41, 5.74) is 4.50. The number of fused-ring (bicyclic) bond motifs is 3. The van der Waals surface area contributed by atoms with Crippen LogP contribution in [-0.2, 0) is 6.42 Å². The van der Waals surface area contributed by atoms with Gasteiger partial charge in [-0.3, -0.25) is 9.29 Å². The van der Waals surface area contributed by atoms with Crippen molar-refractivity contribution in [3.63, 3.8) is 0 Å². The van der Waals surface area contributed by atoms with E-state index in [0.29, 0.717) is 44.8 Å². The molecule has 0 bridgehead atoms. The number of alkyl halides is 4. The van der Waals surface area contributed by atoms with Gasteiger partial charge in [0.1, 0.15) is 12.4 Å². The van der Waals surface area contributed by atoms with Gasteiger partial charge in [-0.1, -0.05) is 30.3 Å². The number of nitrogens with one attached hydrogen (secondary N) is 2. The maximum Gasteiger partial charge on any atom is 0.401 e.